The van der Waals surface area contributed by atoms with Crippen LogP contribution in [0.4, 0.5) is 0 Å². The summed E-state index contributed by atoms with van der Waals surface area (Å²) in [5.41, 5.74) is -0.519. The van der Waals surface area contributed by atoms with Gasteiger partial charge in [-0.1, -0.05) is 26.7 Å². The predicted octanol–water partition coefficient (Wildman–Crippen LogP) is 2.32. The number of carbonyl (C=O) groups is 1. The van der Waals surface area contributed by atoms with E-state index in [9.17, 15) is 4.79 Å². The first-order valence-corrected chi connectivity index (χ1v) is 8.65. The summed E-state index contributed by atoms with van der Waals surface area (Å²) in [6, 6.07) is 2.21. The number of carbonyl (C=O) groups excluding carboxylic acids is 1. The second-order valence-electron chi connectivity index (χ2n) is 7.08. The molecular formula is C17H29ClN4O. The van der Waals surface area contributed by atoms with Crippen LogP contribution in [0, 0.1) is 11.8 Å². The summed E-state index contributed by atoms with van der Waals surface area (Å²) < 4.78 is 1.88. The molecule has 3 atom stereocenters. The van der Waals surface area contributed by atoms with Crippen molar-refractivity contribution in [2.75, 3.05) is 13.1 Å². The third-order valence-electron chi connectivity index (χ3n) is 5.82. The van der Waals surface area contributed by atoms with Gasteiger partial charge in [0.2, 0.25) is 5.91 Å². The molecule has 23 heavy (non-hydrogen) atoms. The number of halogens is 1. The van der Waals surface area contributed by atoms with Gasteiger partial charge in [-0.2, -0.15) is 5.10 Å². The molecule has 6 heteroatoms. The van der Waals surface area contributed by atoms with Gasteiger partial charge in [-0.15, -0.1) is 12.4 Å². The van der Waals surface area contributed by atoms with Gasteiger partial charge in [0.05, 0.1) is 0 Å². The Balaban J connectivity index is 0.00000192. The van der Waals surface area contributed by atoms with Crippen LogP contribution in [-0.2, 0) is 10.3 Å². The Bertz CT molecular complexity index is 499. The lowest BCUT2D eigenvalue weighted by atomic mass is 9.77. The van der Waals surface area contributed by atoms with Crippen molar-refractivity contribution in [3.8, 4) is 0 Å². The highest BCUT2D eigenvalue weighted by molar-refractivity contribution is 5.85. The van der Waals surface area contributed by atoms with Crippen molar-refractivity contribution < 1.29 is 4.79 Å². The lowest BCUT2D eigenvalue weighted by Gasteiger charge is -2.40. The second kappa shape index (κ2) is 7.67. The van der Waals surface area contributed by atoms with Gasteiger partial charge in [-0.25, -0.2) is 0 Å². The van der Waals surface area contributed by atoms with Gasteiger partial charge in [0.15, 0.2) is 0 Å². The summed E-state index contributed by atoms with van der Waals surface area (Å²) in [5.74, 6) is 1.39. The van der Waals surface area contributed by atoms with Gasteiger partial charge in [-0.05, 0) is 50.3 Å². The first-order chi connectivity index (χ1) is 10.6. The summed E-state index contributed by atoms with van der Waals surface area (Å²) in [6.07, 6.45) is 8.90. The van der Waals surface area contributed by atoms with Crippen LogP contribution in [-0.4, -0.2) is 34.8 Å². The van der Waals surface area contributed by atoms with Crippen LogP contribution in [0.5, 0.6) is 0 Å². The fraction of sp³-hybridized carbons (Fsp3) is 0.765. The summed E-state index contributed by atoms with van der Waals surface area (Å²) in [4.78, 5) is 13.1. The quantitative estimate of drug-likeness (QED) is 0.887. The van der Waals surface area contributed by atoms with Crippen LogP contribution in [0.25, 0.3) is 0 Å². The molecular weight excluding hydrogens is 312 g/mol. The molecule has 1 saturated carbocycles. The van der Waals surface area contributed by atoms with Gasteiger partial charge in [0.1, 0.15) is 5.54 Å². The van der Waals surface area contributed by atoms with Gasteiger partial charge in [0.25, 0.3) is 0 Å². The predicted molar refractivity (Wildman–Crippen MR) is 93.7 cm³/mol. The normalized spacial score (nSPS) is 30.3. The van der Waals surface area contributed by atoms with Crippen LogP contribution in [0.15, 0.2) is 18.5 Å². The lowest BCUT2D eigenvalue weighted by Crippen LogP contribution is -2.57. The van der Waals surface area contributed by atoms with Crippen LogP contribution < -0.4 is 10.6 Å². The monoisotopic (exact) mass is 340 g/mol. The van der Waals surface area contributed by atoms with Gasteiger partial charge >= 0.3 is 0 Å². The number of piperidine rings is 1. The molecule has 1 saturated heterocycles. The van der Waals surface area contributed by atoms with Crippen LogP contribution in [0.3, 0.4) is 0 Å². The Hall–Kier alpha value is -1.07. The average molecular weight is 341 g/mol. The fourth-order valence-corrected chi connectivity index (χ4v) is 4.01. The van der Waals surface area contributed by atoms with E-state index in [4.69, 9.17) is 0 Å². The summed E-state index contributed by atoms with van der Waals surface area (Å²) in [6.45, 7) is 6.31. The molecule has 2 N–H and O–H groups in total. The van der Waals surface area contributed by atoms with Crippen molar-refractivity contribution >= 4 is 18.3 Å². The van der Waals surface area contributed by atoms with Crippen molar-refractivity contribution in [3.63, 3.8) is 0 Å². The lowest BCUT2D eigenvalue weighted by molar-refractivity contribution is -0.133. The molecule has 130 valence electrons. The molecule has 1 aromatic rings. The molecule has 0 spiro atoms. The molecule has 0 bridgehead atoms. The number of hydrogen-bond acceptors (Lipinski definition) is 3. The van der Waals surface area contributed by atoms with E-state index in [1.165, 1.54) is 12.8 Å². The van der Waals surface area contributed by atoms with Crippen molar-refractivity contribution in [3.05, 3.63) is 18.5 Å². The molecule has 1 aromatic heterocycles. The summed E-state index contributed by atoms with van der Waals surface area (Å²) >= 11 is 0. The Morgan fingerprint density at radius 2 is 2.04 bits per heavy atom. The molecule has 1 aliphatic heterocycles. The molecule has 3 rings (SSSR count). The molecule has 1 amide bonds. The standard InChI is InChI=1S/C17H28N4O.ClH/c1-13-5-3-6-15(14(13)2)20-16(22)17(7-10-18-11-8-17)21-12-4-9-19-21;/h4,9,12-15,18H,3,5-8,10-11H2,1-2H3,(H,20,22);1H. The van der Waals surface area contributed by atoms with E-state index in [1.54, 1.807) is 6.20 Å². The smallest absolute Gasteiger partial charge is 0.248 e. The van der Waals surface area contributed by atoms with Gasteiger partial charge in [0, 0.05) is 18.4 Å². The number of rotatable bonds is 3. The van der Waals surface area contributed by atoms with E-state index < -0.39 is 5.54 Å². The fourth-order valence-electron chi connectivity index (χ4n) is 4.01. The number of amides is 1. The molecule has 5 nitrogen and oxygen atoms in total. The maximum absolute atomic E-state index is 13.1. The largest absolute Gasteiger partial charge is 0.351 e. The van der Waals surface area contributed by atoms with E-state index in [1.807, 2.05) is 16.9 Å². The van der Waals surface area contributed by atoms with E-state index in [0.29, 0.717) is 17.9 Å². The van der Waals surface area contributed by atoms with Crippen LogP contribution in [0.1, 0.15) is 46.0 Å². The third kappa shape index (κ3) is 3.56. The molecule has 0 aromatic carbocycles. The first kappa shape index (κ1) is 18.3. The highest BCUT2D eigenvalue weighted by atomic mass is 35.5. The second-order valence-corrected chi connectivity index (χ2v) is 7.08. The van der Waals surface area contributed by atoms with Crippen molar-refractivity contribution in [2.45, 2.75) is 57.5 Å². The van der Waals surface area contributed by atoms with Crippen molar-refractivity contribution in [2.24, 2.45) is 11.8 Å². The minimum absolute atomic E-state index is 0. The number of nitrogens with one attached hydrogen (secondary N) is 2. The SMILES string of the molecule is CC1CCCC(NC(=O)C2(n3cccn3)CCNCC2)C1C.Cl. The highest BCUT2D eigenvalue weighted by Gasteiger charge is 2.43. The van der Waals surface area contributed by atoms with E-state index >= 15 is 0 Å². The topological polar surface area (TPSA) is 59.0 Å². The zero-order valence-corrected chi connectivity index (χ0v) is 14.9. The van der Waals surface area contributed by atoms with Crippen molar-refractivity contribution in [1.29, 1.82) is 0 Å². The molecule has 2 heterocycles. The zero-order chi connectivity index (χ0) is 15.6. The Kier molecular flexibility index (Phi) is 6.09. The summed E-state index contributed by atoms with van der Waals surface area (Å²) in [7, 11) is 0. The Morgan fingerprint density at radius 1 is 1.30 bits per heavy atom. The first-order valence-electron chi connectivity index (χ1n) is 8.65. The summed E-state index contributed by atoms with van der Waals surface area (Å²) in [5, 5.41) is 11.1. The Labute approximate surface area is 145 Å². The van der Waals surface area contributed by atoms with Gasteiger partial charge in [-0.3, -0.25) is 9.48 Å². The maximum Gasteiger partial charge on any atom is 0.248 e. The van der Waals surface area contributed by atoms with Gasteiger partial charge < -0.3 is 10.6 Å². The minimum atomic E-state index is -0.519. The number of hydrogen-bond donors (Lipinski definition) is 2. The highest BCUT2D eigenvalue weighted by Crippen LogP contribution is 2.32. The van der Waals surface area contributed by atoms with Crippen LogP contribution >= 0.6 is 12.4 Å². The van der Waals surface area contributed by atoms with Crippen molar-refractivity contribution in [1.82, 2.24) is 20.4 Å². The minimum Gasteiger partial charge on any atom is -0.351 e. The van der Waals surface area contributed by atoms with E-state index in [-0.39, 0.29) is 18.3 Å². The zero-order valence-electron chi connectivity index (χ0n) is 14.1. The molecule has 2 aliphatic rings. The number of aromatic nitrogens is 2. The van der Waals surface area contributed by atoms with Crippen LogP contribution in [0.2, 0.25) is 0 Å². The molecule has 1 aliphatic carbocycles. The average Bonchev–Trinajstić information content (AvgIpc) is 3.07. The van der Waals surface area contributed by atoms with E-state index in [2.05, 4.69) is 29.6 Å². The maximum atomic E-state index is 13.1. The van der Waals surface area contributed by atoms with E-state index in [0.717, 1.165) is 32.4 Å². The molecule has 3 unspecified atom stereocenters. The third-order valence-corrected chi connectivity index (χ3v) is 5.82. The molecule has 2 fully saturated rings. The number of nitrogens with zero attached hydrogens (tertiary/aromatic N) is 2. The Morgan fingerprint density at radius 3 is 2.70 bits per heavy atom. The molecule has 0 radical (unpaired) electrons.